The number of carbonyl (C=O) groups is 1. The number of hydrogen-bond acceptors (Lipinski definition) is 4. The van der Waals surface area contributed by atoms with E-state index in [2.05, 4.69) is 31.1 Å². The summed E-state index contributed by atoms with van der Waals surface area (Å²) in [6.45, 7) is 8.53. The predicted molar refractivity (Wildman–Crippen MR) is 102 cm³/mol. The van der Waals surface area contributed by atoms with Gasteiger partial charge in [0.15, 0.2) is 0 Å². The number of pyridine rings is 1. The van der Waals surface area contributed by atoms with E-state index >= 15 is 0 Å². The molecule has 1 aromatic heterocycles. The molecule has 1 aliphatic heterocycles. The summed E-state index contributed by atoms with van der Waals surface area (Å²) < 4.78 is 13.9. The van der Waals surface area contributed by atoms with Gasteiger partial charge in [-0.2, -0.15) is 0 Å². The molecule has 0 radical (unpaired) electrons. The molecule has 0 unspecified atom stereocenters. The molecule has 6 heteroatoms. The Hall–Kier alpha value is -2.63. The van der Waals surface area contributed by atoms with Crippen molar-refractivity contribution >= 4 is 17.3 Å². The monoisotopic (exact) mass is 356 g/mol. The topological polar surface area (TPSA) is 48.5 Å². The Labute approximate surface area is 153 Å². The lowest BCUT2D eigenvalue weighted by atomic mass is 10.1. The first-order chi connectivity index (χ1) is 12.3. The highest BCUT2D eigenvalue weighted by Gasteiger charge is 2.24. The SMILES string of the molecule is CC(C)(C)Nc1ccc(C(=O)N2CCN(c3ccccc3F)CC2)nc1. The van der Waals surface area contributed by atoms with Crippen LogP contribution in [0.5, 0.6) is 0 Å². The number of hydrogen-bond donors (Lipinski definition) is 1. The largest absolute Gasteiger partial charge is 0.379 e. The van der Waals surface area contributed by atoms with E-state index in [4.69, 9.17) is 0 Å². The number of amides is 1. The fourth-order valence-electron chi connectivity index (χ4n) is 3.05. The van der Waals surface area contributed by atoms with E-state index in [9.17, 15) is 9.18 Å². The Morgan fingerprint density at radius 3 is 2.35 bits per heavy atom. The molecule has 1 amide bonds. The third kappa shape index (κ3) is 4.31. The quantitative estimate of drug-likeness (QED) is 0.916. The molecule has 2 aromatic rings. The molecular formula is C20H25FN4O. The molecule has 138 valence electrons. The summed E-state index contributed by atoms with van der Waals surface area (Å²) >= 11 is 0. The minimum atomic E-state index is -0.226. The van der Waals surface area contributed by atoms with Crippen LogP contribution in [0.2, 0.25) is 0 Å². The Balaban J connectivity index is 1.61. The summed E-state index contributed by atoms with van der Waals surface area (Å²) in [7, 11) is 0. The lowest BCUT2D eigenvalue weighted by Gasteiger charge is -2.36. The average molecular weight is 356 g/mol. The molecule has 0 spiro atoms. The second-order valence-electron chi connectivity index (χ2n) is 7.54. The number of carbonyl (C=O) groups excluding carboxylic acids is 1. The van der Waals surface area contributed by atoms with E-state index in [-0.39, 0.29) is 17.3 Å². The standard InChI is InChI=1S/C20H25FN4O/c1-20(2,3)23-15-8-9-17(22-14-15)19(26)25-12-10-24(11-13-25)18-7-5-4-6-16(18)21/h4-9,14,23H,10-13H2,1-3H3. The summed E-state index contributed by atoms with van der Waals surface area (Å²) in [5, 5.41) is 3.33. The van der Waals surface area contributed by atoms with Gasteiger partial charge in [0.25, 0.3) is 5.91 Å². The van der Waals surface area contributed by atoms with E-state index in [0.29, 0.717) is 37.6 Å². The minimum Gasteiger partial charge on any atom is -0.379 e. The van der Waals surface area contributed by atoms with E-state index < -0.39 is 0 Å². The van der Waals surface area contributed by atoms with Crippen LogP contribution in [0, 0.1) is 5.82 Å². The summed E-state index contributed by atoms with van der Waals surface area (Å²) in [5.41, 5.74) is 1.86. The van der Waals surface area contributed by atoms with Gasteiger partial charge in [0.2, 0.25) is 0 Å². The van der Waals surface area contributed by atoms with Gasteiger partial charge in [0, 0.05) is 31.7 Å². The van der Waals surface area contributed by atoms with E-state index in [0.717, 1.165) is 5.69 Å². The van der Waals surface area contributed by atoms with Gasteiger partial charge < -0.3 is 15.1 Å². The van der Waals surface area contributed by atoms with Crippen LogP contribution in [0.25, 0.3) is 0 Å². The number of halogens is 1. The molecule has 0 aliphatic carbocycles. The van der Waals surface area contributed by atoms with Crippen LogP contribution < -0.4 is 10.2 Å². The van der Waals surface area contributed by atoms with Gasteiger partial charge in [-0.3, -0.25) is 4.79 Å². The second kappa shape index (κ2) is 7.32. The fourth-order valence-corrected chi connectivity index (χ4v) is 3.05. The molecular weight excluding hydrogens is 331 g/mol. The van der Waals surface area contributed by atoms with Crippen LogP contribution in [-0.4, -0.2) is 47.5 Å². The molecule has 0 atom stereocenters. The maximum Gasteiger partial charge on any atom is 0.272 e. The van der Waals surface area contributed by atoms with Crippen molar-refractivity contribution in [3.8, 4) is 0 Å². The molecule has 5 nitrogen and oxygen atoms in total. The molecule has 1 aliphatic rings. The maximum atomic E-state index is 13.9. The summed E-state index contributed by atoms with van der Waals surface area (Å²) in [6, 6.07) is 10.4. The van der Waals surface area contributed by atoms with Crippen LogP contribution in [-0.2, 0) is 0 Å². The smallest absolute Gasteiger partial charge is 0.272 e. The summed E-state index contributed by atoms with van der Waals surface area (Å²) in [5.74, 6) is -0.309. The van der Waals surface area contributed by atoms with Gasteiger partial charge in [-0.05, 0) is 45.0 Å². The van der Waals surface area contributed by atoms with Crippen LogP contribution in [0.1, 0.15) is 31.3 Å². The van der Waals surface area contributed by atoms with Gasteiger partial charge in [-0.1, -0.05) is 12.1 Å². The summed E-state index contributed by atoms with van der Waals surface area (Å²) in [6.07, 6.45) is 1.69. The predicted octanol–water partition coefficient (Wildman–Crippen LogP) is 3.39. The van der Waals surface area contributed by atoms with Crippen molar-refractivity contribution in [3.63, 3.8) is 0 Å². The zero-order valence-electron chi connectivity index (χ0n) is 15.5. The van der Waals surface area contributed by atoms with E-state index in [1.54, 1.807) is 29.3 Å². The Morgan fingerprint density at radius 1 is 1.08 bits per heavy atom. The van der Waals surface area contributed by atoms with Crippen molar-refractivity contribution in [2.24, 2.45) is 0 Å². The number of anilines is 2. The first-order valence-electron chi connectivity index (χ1n) is 8.86. The molecule has 0 bridgehead atoms. The zero-order valence-corrected chi connectivity index (χ0v) is 15.5. The highest BCUT2D eigenvalue weighted by atomic mass is 19.1. The van der Waals surface area contributed by atoms with Gasteiger partial charge >= 0.3 is 0 Å². The Bertz CT molecular complexity index is 762. The third-order valence-corrected chi connectivity index (χ3v) is 4.26. The van der Waals surface area contributed by atoms with Crippen molar-refractivity contribution in [3.05, 3.63) is 54.1 Å². The Kier molecular flexibility index (Phi) is 5.11. The summed E-state index contributed by atoms with van der Waals surface area (Å²) in [4.78, 5) is 20.7. The second-order valence-corrected chi connectivity index (χ2v) is 7.54. The molecule has 3 rings (SSSR count). The number of para-hydroxylation sites is 1. The van der Waals surface area contributed by atoms with Crippen molar-refractivity contribution in [2.45, 2.75) is 26.3 Å². The van der Waals surface area contributed by atoms with Crippen molar-refractivity contribution in [2.75, 3.05) is 36.4 Å². The number of piperazine rings is 1. The molecule has 0 saturated carbocycles. The minimum absolute atomic E-state index is 0.0593. The van der Waals surface area contributed by atoms with Gasteiger partial charge in [-0.25, -0.2) is 9.37 Å². The van der Waals surface area contributed by atoms with Crippen LogP contribution in [0.3, 0.4) is 0 Å². The lowest BCUT2D eigenvalue weighted by molar-refractivity contribution is 0.0741. The first kappa shape index (κ1) is 18.2. The normalized spacial score (nSPS) is 15.1. The number of aromatic nitrogens is 1. The highest BCUT2D eigenvalue weighted by Crippen LogP contribution is 2.21. The van der Waals surface area contributed by atoms with Crippen molar-refractivity contribution in [1.82, 2.24) is 9.88 Å². The molecule has 1 fully saturated rings. The van der Waals surface area contributed by atoms with Gasteiger partial charge in [0.1, 0.15) is 11.5 Å². The van der Waals surface area contributed by atoms with E-state index in [1.165, 1.54) is 6.07 Å². The van der Waals surface area contributed by atoms with Crippen LogP contribution in [0.4, 0.5) is 15.8 Å². The van der Waals surface area contributed by atoms with Crippen LogP contribution in [0.15, 0.2) is 42.6 Å². The third-order valence-electron chi connectivity index (χ3n) is 4.26. The maximum absolute atomic E-state index is 13.9. The van der Waals surface area contributed by atoms with Gasteiger partial charge in [0.05, 0.1) is 17.6 Å². The van der Waals surface area contributed by atoms with Crippen molar-refractivity contribution in [1.29, 1.82) is 0 Å². The number of nitrogens with zero attached hydrogens (tertiary/aromatic N) is 3. The number of nitrogens with one attached hydrogen (secondary N) is 1. The molecule has 2 heterocycles. The Morgan fingerprint density at radius 2 is 1.77 bits per heavy atom. The number of rotatable bonds is 3. The van der Waals surface area contributed by atoms with Crippen LogP contribution >= 0.6 is 0 Å². The molecule has 26 heavy (non-hydrogen) atoms. The molecule has 1 saturated heterocycles. The highest BCUT2D eigenvalue weighted by molar-refractivity contribution is 5.92. The first-order valence-corrected chi connectivity index (χ1v) is 8.86. The fraction of sp³-hybridized carbons (Fsp3) is 0.400. The molecule has 1 N–H and O–H groups in total. The lowest BCUT2D eigenvalue weighted by Crippen LogP contribution is -2.49. The van der Waals surface area contributed by atoms with E-state index in [1.807, 2.05) is 17.0 Å². The number of benzene rings is 1. The average Bonchev–Trinajstić information content (AvgIpc) is 2.61. The van der Waals surface area contributed by atoms with Crippen molar-refractivity contribution < 1.29 is 9.18 Å². The van der Waals surface area contributed by atoms with Gasteiger partial charge in [-0.15, -0.1) is 0 Å². The molecule has 1 aromatic carbocycles. The zero-order chi connectivity index (χ0) is 18.7.